The van der Waals surface area contributed by atoms with Crippen LogP contribution in [0.4, 0.5) is 0 Å². The Morgan fingerprint density at radius 1 is 0.537 bits per heavy atom. The molecular formula is C55H88O27. The molecule has 470 valence electrons. The van der Waals surface area contributed by atoms with Gasteiger partial charge < -0.3 is 133 Å². The normalized spacial score (nSPS) is 56.9. The molecule has 1 spiro atoms. The quantitative estimate of drug-likeness (QED) is 0.0769. The van der Waals surface area contributed by atoms with Crippen LogP contribution >= 0.6 is 0 Å². The fourth-order valence-electron chi connectivity index (χ4n) is 16.5. The lowest BCUT2D eigenvalue weighted by Gasteiger charge is -2.59. The van der Waals surface area contributed by atoms with Crippen molar-refractivity contribution in [2.75, 3.05) is 39.6 Å². The van der Waals surface area contributed by atoms with Crippen LogP contribution in [-0.4, -0.2) is 282 Å². The Hall–Kier alpha value is -1.34. The molecule has 11 aliphatic rings. The zero-order valence-electron chi connectivity index (χ0n) is 46.6. The van der Waals surface area contributed by atoms with E-state index in [2.05, 4.69) is 33.8 Å². The lowest BCUT2D eigenvalue weighted by atomic mass is 9.46. The number of hydrogen-bond donors (Lipinski definition) is 15. The summed E-state index contributed by atoms with van der Waals surface area (Å²) < 4.78 is 72.8. The molecule has 7 aliphatic heterocycles. The van der Waals surface area contributed by atoms with Crippen LogP contribution in [0.5, 0.6) is 0 Å². The smallest absolute Gasteiger partial charge is 0.187 e. The van der Waals surface area contributed by atoms with E-state index >= 15 is 0 Å². The maximum atomic E-state index is 12.0. The fraction of sp³-hybridized carbons (Fsp3) is 0.964. The summed E-state index contributed by atoms with van der Waals surface area (Å²) in [5, 5.41) is 165. The van der Waals surface area contributed by atoms with E-state index in [0.717, 1.165) is 44.1 Å². The molecule has 10 fully saturated rings. The van der Waals surface area contributed by atoms with Crippen molar-refractivity contribution in [3.8, 4) is 0 Å². The number of aliphatic hydroxyl groups excluding tert-OH is 15. The lowest BCUT2D eigenvalue weighted by molar-refractivity contribution is -0.408. The Balaban J connectivity index is 0.800. The van der Waals surface area contributed by atoms with E-state index in [1.165, 1.54) is 0 Å². The average Bonchev–Trinajstić information content (AvgIpc) is 3.61. The van der Waals surface area contributed by atoms with Crippen LogP contribution in [0.25, 0.3) is 0 Å². The van der Waals surface area contributed by atoms with Crippen molar-refractivity contribution in [1.29, 1.82) is 0 Å². The molecule has 27 nitrogen and oxygen atoms in total. The molecule has 7 saturated heterocycles. The summed E-state index contributed by atoms with van der Waals surface area (Å²) in [5.74, 6) is 1.77. The van der Waals surface area contributed by atoms with E-state index in [0.29, 0.717) is 49.0 Å². The summed E-state index contributed by atoms with van der Waals surface area (Å²) in [5.41, 5.74) is 0.849. The van der Waals surface area contributed by atoms with Gasteiger partial charge in [-0.15, -0.1) is 0 Å². The molecule has 11 rings (SSSR count). The number of hydrogen-bond acceptors (Lipinski definition) is 27. The Morgan fingerprint density at radius 2 is 1.10 bits per heavy atom. The highest BCUT2D eigenvalue weighted by Gasteiger charge is 2.69. The minimum Gasteiger partial charge on any atom is -0.394 e. The molecule has 0 aromatic carbocycles. The van der Waals surface area contributed by atoms with Crippen molar-refractivity contribution in [3.05, 3.63) is 11.6 Å². The summed E-state index contributed by atoms with van der Waals surface area (Å²) in [4.78, 5) is 0. The third kappa shape index (κ3) is 10.8. The predicted molar refractivity (Wildman–Crippen MR) is 270 cm³/mol. The predicted octanol–water partition coefficient (Wildman–Crippen LogP) is -4.92. The molecule has 0 unspecified atom stereocenters. The van der Waals surface area contributed by atoms with Crippen molar-refractivity contribution in [2.45, 2.75) is 244 Å². The van der Waals surface area contributed by atoms with Gasteiger partial charge >= 0.3 is 0 Å². The van der Waals surface area contributed by atoms with E-state index in [9.17, 15) is 76.6 Å². The first-order chi connectivity index (χ1) is 39.0. The topological polar surface area (TPSA) is 414 Å². The average molecular weight is 1180 g/mol. The summed E-state index contributed by atoms with van der Waals surface area (Å²) in [6.45, 7) is 6.05. The third-order valence-corrected chi connectivity index (χ3v) is 21.2. The monoisotopic (exact) mass is 1180 g/mol. The molecule has 0 amide bonds. The summed E-state index contributed by atoms with van der Waals surface area (Å²) >= 11 is 0. The number of allylic oxidation sites excluding steroid dienone is 1. The van der Waals surface area contributed by atoms with E-state index in [1.54, 1.807) is 0 Å². The second-order valence-corrected chi connectivity index (χ2v) is 26.0. The Bertz CT molecular complexity index is 2190. The minimum absolute atomic E-state index is 0.0785. The maximum absolute atomic E-state index is 12.0. The van der Waals surface area contributed by atoms with Crippen molar-refractivity contribution in [1.82, 2.24) is 0 Å². The van der Waals surface area contributed by atoms with Crippen LogP contribution in [0.2, 0.25) is 0 Å². The highest BCUT2D eigenvalue weighted by Crippen LogP contribution is 2.71. The third-order valence-electron chi connectivity index (χ3n) is 21.2. The molecule has 0 radical (unpaired) electrons. The molecular weight excluding hydrogens is 1090 g/mol. The van der Waals surface area contributed by atoms with Gasteiger partial charge in [0.2, 0.25) is 0 Å². The van der Waals surface area contributed by atoms with Gasteiger partial charge in [0.15, 0.2) is 37.2 Å². The van der Waals surface area contributed by atoms with Crippen LogP contribution in [-0.2, 0) is 56.8 Å². The van der Waals surface area contributed by atoms with Crippen molar-refractivity contribution in [2.24, 2.45) is 46.3 Å². The standard InChI is InChI=1S/C55H88O27/c1-20-7-10-55(73-17-20)21(2)34-30(82-55)12-25-23-6-5-22-11-29(26(59)13-54(22,4)24(23)8-9-53(25,34)3)74-50-42(69)39(66)44(33(16-58)77-50)78-52-47(46(38(65)32(15-57)76-52)80-49-41(68)36(63)28(61)19-72-49)81-51-43(70)45(37(64)31(14-56)75-51)79-48-40(67)35(62)27(60)18-71-48/h5,20-21,23-52,56-70H,6-19H2,1-4H3/t20-,21+,23+,24+,25-,26-,27-,28-,29-,30+,31-,32-,33-,34+,35+,36+,37-,38-,39-,40-,41-,42-,43-,44+,45+,46+,47-,48+,49+,50-,51+,52+,53+,54+,55-/m1/s1. The van der Waals surface area contributed by atoms with Gasteiger partial charge in [-0.3, -0.25) is 0 Å². The van der Waals surface area contributed by atoms with Gasteiger partial charge in [-0.05, 0) is 85.4 Å². The SMILES string of the molecule is C[C@@H]1CC[C@@]2(OC1)O[C@H]1C[C@@H]3[C@H]4CC=C5C[C@@H](O[C@@H]6O[C@H](CO)[C@H](O[C@@H]7O[C@H](CO)[C@@H](O)[C@H](O[C@@H]8OC[C@@H](O)[C@H](O)[C@H]8O)[C@H]7O[C@@H]7O[C@H](CO)[C@@H](O)[C@H](O[C@@H]8OC[C@@H](O)[C@H](O)[C@H]8O)[C@H]7O)[C@H](O)[C@H]6O)[C@H](O)C[C@]5(C)[C@H]4CC[C@]3(C)[C@H]1[C@@H]2C. The zero-order chi connectivity index (χ0) is 58.6. The Morgan fingerprint density at radius 3 is 1.72 bits per heavy atom. The van der Waals surface area contributed by atoms with Crippen molar-refractivity contribution < 1.29 is 133 Å². The first-order valence-corrected chi connectivity index (χ1v) is 29.4. The van der Waals surface area contributed by atoms with Gasteiger partial charge in [-0.25, -0.2) is 0 Å². The summed E-state index contributed by atoms with van der Waals surface area (Å²) in [6.07, 6.45) is -35.3. The second-order valence-electron chi connectivity index (χ2n) is 26.0. The molecule has 7 heterocycles. The summed E-state index contributed by atoms with van der Waals surface area (Å²) in [6, 6.07) is 0. The van der Waals surface area contributed by atoms with Crippen LogP contribution < -0.4 is 0 Å². The van der Waals surface area contributed by atoms with E-state index < -0.39 is 192 Å². The highest BCUT2D eigenvalue weighted by atomic mass is 16.8. The number of fused-ring (bicyclic) bond motifs is 7. The van der Waals surface area contributed by atoms with Gasteiger partial charge in [0.1, 0.15) is 110 Å². The number of aliphatic hydroxyl groups is 15. The van der Waals surface area contributed by atoms with Crippen LogP contribution in [0.15, 0.2) is 11.6 Å². The van der Waals surface area contributed by atoms with Gasteiger partial charge in [-0.1, -0.05) is 39.3 Å². The summed E-state index contributed by atoms with van der Waals surface area (Å²) in [7, 11) is 0. The van der Waals surface area contributed by atoms with E-state index in [-0.39, 0.29) is 22.9 Å². The van der Waals surface area contributed by atoms with Gasteiger partial charge in [-0.2, -0.15) is 0 Å². The van der Waals surface area contributed by atoms with E-state index in [4.69, 9.17) is 56.8 Å². The molecule has 4 aliphatic carbocycles. The lowest BCUT2D eigenvalue weighted by Crippen LogP contribution is -2.69. The zero-order valence-corrected chi connectivity index (χ0v) is 46.6. The first kappa shape index (κ1) is 62.3. The molecule has 27 heteroatoms. The van der Waals surface area contributed by atoms with Gasteiger partial charge in [0.05, 0.1) is 58.0 Å². The van der Waals surface area contributed by atoms with E-state index in [1.807, 2.05) is 0 Å². The van der Waals surface area contributed by atoms with Crippen LogP contribution in [0.3, 0.4) is 0 Å². The fourth-order valence-corrected chi connectivity index (χ4v) is 16.5. The molecule has 0 aromatic heterocycles. The second kappa shape index (κ2) is 24.2. The first-order valence-electron chi connectivity index (χ1n) is 29.4. The Labute approximate surface area is 474 Å². The van der Waals surface area contributed by atoms with Crippen LogP contribution in [0.1, 0.15) is 79.1 Å². The molecule has 35 atom stereocenters. The molecule has 0 aromatic rings. The highest BCUT2D eigenvalue weighted by molar-refractivity contribution is 5.27. The van der Waals surface area contributed by atoms with Gasteiger partial charge in [0.25, 0.3) is 0 Å². The van der Waals surface area contributed by atoms with Crippen molar-refractivity contribution in [3.63, 3.8) is 0 Å². The molecule has 15 N–H and O–H groups in total. The Kier molecular flexibility index (Phi) is 18.4. The van der Waals surface area contributed by atoms with Crippen molar-refractivity contribution >= 4 is 0 Å². The minimum atomic E-state index is -2.13. The molecule has 3 saturated carbocycles. The molecule has 0 bridgehead atoms. The molecule has 82 heavy (non-hydrogen) atoms. The largest absolute Gasteiger partial charge is 0.394 e. The number of rotatable bonds is 13. The number of ether oxygens (including phenoxy) is 12. The van der Waals surface area contributed by atoms with Gasteiger partial charge in [0, 0.05) is 12.3 Å². The maximum Gasteiger partial charge on any atom is 0.187 e. The van der Waals surface area contributed by atoms with Crippen LogP contribution in [0, 0.1) is 46.3 Å².